The van der Waals surface area contributed by atoms with E-state index in [-0.39, 0.29) is 0 Å². The molecule has 7 nitrogen and oxygen atoms in total. The van der Waals surface area contributed by atoms with Gasteiger partial charge in [-0.3, -0.25) is 14.3 Å². The van der Waals surface area contributed by atoms with Crippen molar-refractivity contribution in [3.63, 3.8) is 0 Å². The van der Waals surface area contributed by atoms with E-state index in [1.54, 1.807) is 4.98 Å². The molecule has 0 aromatic carbocycles. The fraction of sp³-hybridized carbons (Fsp3) is 0.600. The maximum absolute atomic E-state index is 12.6. The SMILES string of the molecule is O=c1[nH]c(=O)n([C@@H]2O[C@H](CO)[C@@H](O)C2Cl)cc1C(F)F. The molecule has 1 saturated heterocycles. The number of halogens is 3. The first-order valence-corrected chi connectivity index (χ1v) is 6.02. The van der Waals surface area contributed by atoms with Crippen molar-refractivity contribution in [2.45, 2.75) is 30.2 Å². The number of nitrogens with zero attached hydrogens (tertiary/aromatic N) is 1. The lowest BCUT2D eigenvalue weighted by Crippen LogP contribution is -2.37. The van der Waals surface area contributed by atoms with Crippen LogP contribution in [-0.4, -0.2) is 44.0 Å². The Balaban J connectivity index is 2.46. The highest BCUT2D eigenvalue weighted by molar-refractivity contribution is 6.21. The second kappa shape index (κ2) is 5.60. The Morgan fingerprint density at radius 2 is 2.15 bits per heavy atom. The summed E-state index contributed by atoms with van der Waals surface area (Å²) in [7, 11) is 0. The molecule has 0 amide bonds. The third kappa shape index (κ3) is 2.49. The summed E-state index contributed by atoms with van der Waals surface area (Å²) in [6.45, 7) is -0.555. The molecule has 10 heteroatoms. The summed E-state index contributed by atoms with van der Waals surface area (Å²) in [5, 5.41) is 17.5. The molecule has 1 aromatic rings. The van der Waals surface area contributed by atoms with E-state index in [9.17, 15) is 23.5 Å². The van der Waals surface area contributed by atoms with Gasteiger partial charge in [-0.25, -0.2) is 13.6 Å². The van der Waals surface area contributed by atoms with Gasteiger partial charge < -0.3 is 14.9 Å². The molecular formula is C10H11ClF2N2O5. The lowest BCUT2D eigenvalue weighted by atomic mass is 10.2. The monoisotopic (exact) mass is 312 g/mol. The zero-order valence-electron chi connectivity index (χ0n) is 9.87. The van der Waals surface area contributed by atoms with Crippen LogP contribution in [0.2, 0.25) is 0 Å². The summed E-state index contributed by atoms with van der Waals surface area (Å²) in [5.41, 5.74) is -3.12. The maximum Gasteiger partial charge on any atom is 0.330 e. The highest BCUT2D eigenvalue weighted by atomic mass is 35.5. The van der Waals surface area contributed by atoms with E-state index in [0.29, 0.717) is 10.8 Å². The van der Waals surface area contributed by atoms with E-state index in [0.717, 1.165) is 0 Å². The Morgan fingerprint density at radius 3 is 2.65 bits per heavy atom. The zero-order chi connectivity index (χ0) is 15.0. The van der Waals surface area contributed by atoms with Crippen molar-refractivity contribution in [2.75, 3.05) is 6.61 Å². The molecule has 1 fully saturated rings. The fourth-order valence-corrected chi connectivity index (χ4v) is 2.27. The minimum Gasteiger partial charge on any atom is -0.394 e. The van der Waals surface area contributed by atoms with Crippen LogP contribution in [0.1, 0.15) is 18.2 Å². The van der Waals surface area contributed by atoms with Crippen molar-refractivity contribution in [1.29, 1.82) is 0 Å². The van der Waals surface area contributed by atoms with Gasteiger partial charge in [-0.1, -0.05) is 0 Å². The van der Waals surface area contributed by atoms with Crippen LogP contribution in [0, 0.1) is 0 Å². The number of nitrogens with one attached hydrogen (secondary N) is 1. The van der Waals surface area contributed by atoms with E-state index in [4.69, 9.17) is 21.4 Å². The maximum atomic E-state index is 12.6. The molecule has 1 aromatic heterocycles. The summed E-state index contributed by atoms with van der Waals surface area (Å²) in [5.74, 6) is 0. The smallest absolute Gasteiger partial charge is 0.330 e. The van der Waals surface area contributed by atoms with Crippen LogP contribution in [0.5, 0.6) is 0 Å². The van der Waals surface area contributed by atoms with Gasteiger partial charge in [-0.2, -0.15) is 0 Å². The van der Waals surface area contributed by atoms with Crippen molar-refractivity contribution >= 4 is 11.6 Å². The number of ether oxygens (including phenoxy) is 1. The molecule has 1 unspecified atom stereocenters. The number of H-pyrrole nitrogens is 1. The molecule has 0 radical (unpaired) electrons. The van der Waals surface area contributed by atoms with Crippen molar-refractivity contribution < 1.29 is 23.7 Å². The number of alkyl halides is 3. The minimum absolute atomic E-state index is 0.555. The molecule has 2 heterocycles. The summed E-state index contributed by atoms with van der Waals surface area (Å²) >= 11 is 5.86. The molecule has 0 aliphatic carbocycles. The Morgan fingerprint density at radius 1 is 1.50 bits per heavy atom. The van der Waals surface area contributed by atoms with Gasteiger partial charge in [-0.15, -0.1) is 11.6 Å². The number of aliphatic hydroxyl groups excluding tert-OH is 2. The van der Waals surface area contributed by atoms with Gasteiger partial charge in [0.25, 0.3) is 12.0 Å². The van der Waals surface area contributed by atoms with Crippen LogP contribution in [0.4, 0.5) is 8.78 Å². The number of aromatic amines is 1. The zero-order valence-corrected chi connectivity index (χ0v) is 10.6. The molecule has 4 atom stereocenters. The average molecular weight is 313 g/mol. The van der Waals surface area contributed by atoms with E-state index in [1.165, 1.54) is 0 Å². The van der Waals surface area contributed by atoms with Crippen LogP contribution < -0.4 is 11.2 Å². The van der Waals surface area contributed by atoms with Crippen molar-refractivity contribution in [3.8, 4) is 0 Å². The summed E-state index contributed by atoms with van der Waals surface area (Å²) in [6.07, 6.45) is -6.04. The van der Waals surface area contributed by atoms with Gasteiger partial charge in [-0.05, 0) is 0 Å². The standard InChI is InChI=1S/C10H11ClF2N2O5/c11-5-6(17)4(2-16)20-9(5)15-1-3(7(12)13)8(18)14-10(15)19/h1,4-7,9,16-17H,2H2,(H,14,18,19)/t4-,5?,6-,9-/m1/s1. The first-order valence-electron chi connectivity index (χ1n) is 5.58. The molecule has 1 aliphatic heterocycles. The first-order chi connectivity index (χ1) is 9.36. The molecule has 2 rings (SSSR count). The molecule has 1 aliphatic rings. The van der Waals surface area contributed by atoms with E-state index in [1.807, 2.05) is 0 Å². The number of hydrogen-bond donors (Lipinski definition) is 3. The van der Waals surface area contributed by atoms with Crippen molar-refractivity contribution in [2.24, 2.45) is 0 Å². The van der Waals surface area contributed by atoms with E-state index < -0.39 is 53.7 Å². The average Bonchev–Trinajstić information content (AvgIpc) is 2.66. The minimum atomic E-state index is -3.08. The largest absolute Gasteiger partial charge is 0.394 e. The van der Waals surface area contributed by atoms with Crippen LogP contribution >= 0.6 is 11.6 Å². The third-order valence-corrected chi connectivity index (χ3v) is 3.45. The molecule has 0 spiro atoms. The lowest BCUT2D eigenvalue weighted by Gasteiger charge is -2.17. The molecule has 20 heavy (non-hydrogen) atoms. The quantitative estimate of drug-likeness (QED) is 0.642. The van der Waals surface area contributed by atoms with Gasteiger partial charge in [0.05, 0.1) is 12.2 Å². The van der Waals surface area contributed by atoms with Crippen LogP contribution in [0.25, 0.3) is 0 Å². The Kier molecular flexibility index (Phi) is 4.23. The van der Waals surface area contributed by atoms with Gasteiger partial charge >= 0.3 is 5.69 Å². The van der Waals surface area contributed by atoms with E-state index in [2.05, 4.69) is 0 Å². The van der Waals surface area contributed by atoms with Gasteiger partial charge in [0, 0.05) is 6.20 Å². The topological polar surface area (TPSA) is 105 Å². The highest BCUT2D eigenvalue weighted by Crippen LogP contribution is 2.32. The Hall–Kier alpha value is -1.29. The first kappa shape index (κ1) is 15.1. The normalized spacial score (nSPS) is 30.1. The predicted molar refractivity (Wildman–Crippen MR) is 62.9 cm³/mol. The van der Waals surface area contributed by atoms with Crippen LogP contribution in [-0.2, 0) is 4.74 Å². The number of aromatic nitrogens is 2. The Bertz CT molecular complexity index is 604. The van der Waals surface area contributed by atoms with Crippen LogP contribution in [0.3, 0.4) is 0 Å². The molecule has 3 N–H and O–H groups in total. The lowest BCUT2D eigenvalue weighted by molar-refractivity contribution is -0.0460. The number of hydrogen-bond acceptors (Lipinski definition) is 5. The fourth-order valence-electron chi connectivity index (χ4n) is 1.92. The second-order valence-electron chi connectivity index (χ2n) is 4.23. The van der Waals surface area contributed by atoms with Crippen molar-refractivity contribution in [1.82, 2.24) is 9.55 Å². The van der Waals surface area contributed by atoms with Crippen molar-refractivity contribution in [3.05, 3.63) is 32.6 Å². The Labute approximate surface area is 115 Å². The van der Waals surface area contributed by atoms with E-state index >= 15 is 0 Å². The summed E-state index contributed by atoms with van der Waals surface area (Å²) in [4.78, 5) is 24.6. The third-order valence-electron chi connectivity index (χ3n) is 2.98. The number of rotatable bonds is 3. The summed E-state index contributed by atoms with van der Waals surface area (Å²) < 4.78 is 31.1. The molecule has 0 bridgehead atoms. The van der Waals surface area contributed by atoms with Gasteiger partial charge in [0.1, 0.15) is 17.6 Å². The van der Waals surface area contributed by atoms with Gasteiger partial charge in [0.2, 0.25) is 0 Å². The number of aliphatic hydroxyl groups is 2. The molecule has 0 saturated carbocycles. The van der Waals surface area contributed by atoms with Gasteiger partial charge in [0.15, 0.2) is 6.23 Å². The highest BCUT2D eigenvalue weighted by Gasteiger charge is 2.43. The second-order valence-corrected chi connectivity index (χ2v) is 4.74. The summed E-state index contributed by atoms with van der Waals surface area (Å²) in [6, 6.07) is 0. The predicted octanol–water partition coefficient (Wildman–Crippen LogP) is -0.668. The molecular weight excluding hydrogens is 302 g/mol. The van der Waals surface area contributed by atoms with Crippen LogP contribution in [0.15, 0.2) is 15.8 Å². The molecule has 112 valence electrons.